The molecule has 1 rings (SSSR count). The summed E-state index contributed by atoms with van der Waals surface area (Å²) in [6.07, 6.45) is 4.57. The van der Waals surface area contributed by atoms with Crippen molar-refractivity contribution in [2.24, 2.45) is 0 Å². The van der Waals surface area contributed by atoms with Crippen LogP contribution in [0.4, 0.5) is 0 Å². The SMILES string of the molecule is CCC(Br)C(=O)N(C)CC1(O)CCCC1. The van der Waals surface area contributed by atoms with E-state index in [0.29, 0.717) is 6.54 Å². The lowest BCUT2D eigenvalue weighted by molar-refractivity contribution is -0.132. The van der Waals surface area contributed by atoms with Crippen molar-refractivity contribution in [3.63, 3.8) is 0 Å². The van der Waals surface area contributed by atoms with Crippen LogP contribution in [0.1, 0.15) is 39.0 Å². The molecule has 0 aromatic carbocycles. The summed E-state index contributed by atoms with van der Waals surface area (Å²) >= 11 is 3.34. The zero-order valence-electron chi connectivity index (χ0n) is 9.50. The molecule has 0 saturated heterocycles. The number of amides is 1. The van der Waals surface area contributed by atoms with Crippen LogP contribution >= 0.6 is 15.9 Å². The molecule has 0 heterocycles. The number of carbonyl (C=O) groups excluding carboxylic acids is 1. The van der Waals surface area contributed by atoms with Gasteiger partial charge in [0.25, 0.3) is 0 Å². The molecule has 88 valence electrons. The van der Waals surface area contributed by atoms with Gasteiger partial charge in [-0.05, 0) is 19.3 Å². The summed E-state index contributed by atoms with van der Waals surface area (Å²) in [7, 11) is 1.77. The van der Waals surface area contributed by atoms with Crippen molar-refractivity contribution in [1.82, 2.24) is 4.90 Å². The second kappa shape index (κ2) is 5.30. The standard InChI is InChI=1S/C11H20BrNO2/c1-3-9(12)10(14)13(2)8-11(15)6-4-5-7-11/h9,15H,3-8H2,1-2H3. The Morgan fingerprint density at radius 3 is 2.53 bits per heavy atom. The number of likely N-dealkylation sites (N-methyl/N-ethyl adjacent to an activating group) is 1. The molecule has 1 unspecified atom stereocenters. The summed E-state index contributed by atoms with van der Waals surface area (Å²) in [6.45, 7) is 2.43. The van der Waals surface area contributed by atoms with Crippen LogP contribution in [-0.4, -0.2) is 39.9 Å². The molecule has 0 radical (unpaired) electrons. The minimum atomic E-state index is -0.634. The molecule has 15 heavy (non-hydrogen) atoms. The van der Waals surface area contributed by atoms with Crippen LogP contribution in [-0.2, 0) is 4.79 Å². The van der Waals surface area contributed by atoms with Gasteiger partial charge in [-0.3, -0.25) is 4.79 Å². The van der Waals surface area contributed by atoms with Gasteiger partial charge >= 0.3 is 0 Å². The van der Waals surface area contributed by atoms with Gasteiger partial charge in [0.05, 0.1) is 10.4 Å². The van der Waals surface area contributed by atoms with Gasteiger partial charge in [-0.15, -0.1) is 0 Å². The highest BCUT2D eigenvalue weighted by Crippen LogP contribution is 2.30. The smallest absolute Gasteiger partial charge is 0.236 e. The number of aliphatic hydroxyl groups is 1. The highest BCUT2D eigenvalue weighted by atomic mass is 79.9. The fourth-order valence-electron chi connectivity index (χ4n) is 2.12. The molecule has 1 N–H and O–H groups in total. The van der Waals surface area contributed by atoms with Gasteiger partial charge in [0.2, 0.25) is 5.91 Å². The Bertz CT molecular complexity index is 227. The van der Waals surface area contributed by atoms with E-state index in [1.807, 2.05) is 6.92 Å². The van der Waals surface area contributed by atoms with Crippen molar-refractivity contribution in [1.29, 1.82) is 0 Å². The predicted molar refractivity (Wildman–Crippen MR) is 64.1 cm³/mol. The molecule has 0 spiro atoms. The maximum absolute atomic E-state index is 11.8. The molecular formula is C11H20BrNO2. The van der Waals surface area contributed by atoms with Crippen LogP contribution in [0.25, 0.3) is 0 Å². The average Bonchev–Trinajstić information content (AvgIpc) is 2.62. The van der Waals surface area contributed by atoms with Crippen molar-refractivity contribution in [2.75, 3.05) is 13.6 Å². The van der Waals surface area contributed by atoms with Crippen molar-refractivity contribution in [3.8, 4) is 0 Å². The Kier molecular flexibility index (Phi) is 4.59. The van der Waals surface area contributed by atoms with Gasteiger partial charge in [0.15, 0.2) is 0 Å². The Balaban J connectivity index is 2.47. The number of alkyl halides is 1. The van der Waals surface area contributed by atoms with E-state index in [9.17, 15) is 9.90 Å². The van der Waals surface area contributed by atoms with Crippen molar-refractivity contribution in [3.05, 3.63) is 0 Å². The van der Waals surface area contributed by atoms with Crippen molar-refractivity contribution >= 4 is 21.8 Å². The molecule has 1 aliphatic carbocycles. The Morgan fingerprint density at radius 1 is 1.53 bits per heavy atom. The van der Waals surface area contributed by atoms with Crippen LogP contribution < -0.4 is 0 Å². The first-order valence-electron chi connectivity index (χ1n) is 5.60. The molecule has 0 aromatic heterocycles. The number of carbonyl (C=O) groups is 1. The first-order valence-corrected chi connectivity index (χ1v) is 6.51. The molecule has 1 aliphatic rings. The Hall–Kier alpha value is -0.0900. The highest BCUT2D eigenvalue weighted by molar-refractivity contribution is 9.10. The molecule has 1 atom stereocenters. The van der Waals surface area contributed by atoms with Crippen LogP contribution in [0.2, 0.25) is 0 Å². The zero-order valence-corrected chi connectivity index (χ0v) is 11.1. The molecule has 1 amide bonds. The van der Waals surface area contributed by atoms with Crippen LogP contribution in [0, 0.1) is 0 Å². The minimum absolute atomic E-state index is 0.0674. The Morgan fingerprint density at radius 2 is 2.07 bits per heavy atom. The third-order valence-corrected chi connectivity index (χ3v) is 4.11. The number of nitrogens with zero attached hydrogens (tertiary/aromatic N) is 1. The molecule has 3 nitrogen and oxygen atoms in total. The second-order valence-electron chi connectivity index (χ2n) is 4.50. The quantitative estimate of drug-likeness (QED) is 0.798. The normalized spacial score (nSPS) is 21.3. The van der Waals surface area contributed by atoms with Gasteiger partial charge in [0, 0.05) is 13.6 Å². The van der Waals surface area contributed by atoms with E-state index in [-0.39, 0.29) is 10.7 Å². The van der Waals surface area contributed by atoms with E-state index in [0.717, 1.165) is 32.1 Å². The first-order chi connectivity index (χ1) is 6.98. The third-order valence-electron chi connectivity index (χ3n) is 3.07. The number of hydrogen-bond acceptors (Lipinski definition) is 2. The van der Waals surface area contributed by atoms with Gasteiger partial charge in [-0.25, -0.2) is 0 Å². The van der Waals surface area contributed by atoms with E-state index in [2.05, 4.69) is 15.9 Å². The van der Waals surface area contributed by atoms with Gasteiger partial charge in [-0.2, -0.15) is 0 Å². The monoisotopic (exact) mass is 277 g/mol. The minimum Gasteiger partial charge on any atom is -0.388 e. The number of hydrogen-bond donors (Lipinski definition) is 1. The summed E-state index contributed by atoms with van der Waals surface area (Å²) in [6, 6.07) is 0. The summed E-state index contributed by atoms with van der Waals surface area (Å²) < 4.78 is 0. The first kappa shape index (κ1) is 13.0. The average molecular weight is 278 g/mol. The summed E-state index contributed by atoms with van der Waals surface area (Å²) in [5.41, 5.74) is -0.634. The van der Waals surface area contributed by atoms with Crippen LogP contribution in [0.15, 0.2) is 0 Å². The predicted octanol–water partition coefficient (Wildman–Crippen LogP) is 1.92. The molecule has 4 heteroatoms. The number of halogens is 1. The molecule has 1 saturated carbocycles. The summed E-state index contributed by atoms with van der Waals surface area (Å²) in [5, 5.41) is 10.2. The second-order valence-corrected chi connectivity index (χ2v) is 5.61. The molecule has 0 bridgehead atoms. The maximum Gasteiger partial charge on any atom is 0.236 e. The van der Waals surface area contributed by atoms with E-state index < -0.39 is 5.60 Å². The maximum atomic E-state index is 11.8. The largest absolute Gasteiger partial charge is 0.388 e. The number of rotatable bonds is 4. The highest BCUT2D eigenvalue weighted by Gasteiger charge is 2.34. The van der Waals surface area contributed by atoms with Crippen LogP contribution in [0.3, 0.4) is 0 Å². The lowest BCUT2D eigenvalue weighted by Crippen LogP contribution is -2.44. The van der Waals surface area contributed by atoms with E-state index in [1.54, 1.807) is 11.9 Å². The van der Waals surface area contributed by atoms with E-state index >= 15 is 0 Å². The fourth-order valence-corrected chi connectivity index (χ4v) is 2.47. The lowest BCUT2D eigenvalue weighted by Gasteiger charge is -2.29. The topological polar surface area (TPSA) is 40.5 Å². The van der Waals surface area contributed by atoms with Crippen molar-refractivity contribution in [2.45, 2.75) is 49.5 Å². The third kappa shape index (κ3) is 3.45. The molecular weight excluding hydrogens is 258 g/mol. The zero-order chi connectivity index (χ0) is 11.5. The van der Waals surface area contributed by atoms with Gasteiger partial charge < -0.3 is 10.0 Å². The molecule has 0 aromatic rings. The molecule has 0 aliphatic heterocycles. The molecule has 1 fully saturated rings. The summed E-state index contributed by atoms with van der Waals surface area (Å²) in [5.74, 6) is 0.0674. The fraction of sp³-hybridized carbons (Fsp3) is 0.909. The van der Waals surface area contributed by atoms with Crippen LogP contribution in [0.5, 0.6) is 0 Å². The Labute approximate surface area is 100.0 Å². The van der Waals surface area contributed by atoms with Gasteiger partial charge in [0.1, 0.15) is 0 Å². The lowest BCUT2D eigenvalue weighted by atomic mass is 10.0. The van der Waals surface area contributed by atoms with Gasteiger partial charge in [-0.1, -0.05) is 35.7 Å². The summed E-state index contributed by atoms with van der Waals surface area (Å²) in [4.78, 5) is 13.3. The van der Waals surface area contributed by atoms with E-state index in [1.165, 1.54) is 0 Å². The van der Waals surface area contributed by atoms with Crippen molar-refractivity contribution < 1.29 is 9.90 Å². The van der Waals surface area contributed by atoms with E-state index in [4.69, 9.17) is 0 Å².